The zero-order valence-corrected chi connectivity index (χ0v) is 5.17. The number of hydrogen-bond donors (Lipinski definition) is 2. The van der Waals surface area contributed by atoms with E-state index in [1.54, 1.807) is 12.2 Å². The van der Waals surface area contributed by atoms with E-state index in [2.05, 4.69) is 6.58 Å². The normalized spacial score (nSPS) is 26.1. The van der Waals surface area contributed by atoms with Crippen molar-refractivity contribution >= 4 is 0 Å². The van der Waals surface area contributed by atoms with Gasteiger partial charge in [-0.25, -0.2) is 0 Å². The van der Waals surface area contributed by atoms with Gasteiger partial charge in [-0.05, 0) is 17.7 Å². The second-order valence-electron chi connectivity index (χ2n) is 2.10. The highest BCUT2D eigenvalue weighted by molar-refractivity contribution is 5.37. The molecule has 0 spiro atoms. The fourth-order valence-corrected chi connectivity index (χ4v) is 0.684. The molecule has 0 aromatic rings. The van der Waals surface area contributed by atoms with Gasteiger partial charge in [0.15, 0.2) is 0 Å². The van der Waals surface area contributed by atoms with Crippen molar-refractivity contribution in [3.63, 3.8) is 0 Å². The smallest absolute Gasteiger partial charge is 0.0498 e. The molecule has 2 nitrogen and oxygen atoms in total. The zero-order chi connectivity index (χ0) is 6.85. The Labute approximate surface area is 54.5 Å². The molecule has 0 fully saturated rings. The van der Waals surface area contributed by atoms with Crippen molar-refractivity contribution in [3.05, 3.63) is 36.1 Å². The Morgan fingerprint density at radius 2 is 2.11 bits per heavy atom. The summed E-state index contributed by atoms with van der Waals surface area (Å²) in [5.74, 6) is 0. The molecule has 0 saturated carbocycles. The van der Waals surface area contributed by atoms with Crippen molar-refractivity contribution in [1.29, 1.82) is 0 Å². The van der Waals surface area contributed by atoms with E-state index in [1.165, 1.54) is 0 Å². The van der Waals surface area contributed by atoms with E-state index < -0.39 is 0 Å². The summed E-state index contributed by atoms with van der Waals surface area (Å²) < 4.78 is 0. The lowest BCUT2D eigenvalue weighted by Crippen LogP contribution is -2.22. The van der Waals surface area contributed by atoms with Gasteiger partial charge in [-0.15, -0.1) is 0 Å². The fourth-order valence-electron chi connectivity index (χ4n) is 0.684. The topological polar surface area (TPSA) is 52.0 Å². The Balaban J connectivity index is 2.82. The van der Waals surface area contributed by atoms with Crippen LogP contribution in [-0.2, 0) is 0 Å². The molecule has 1 unspecified atom stereocenters. The van der Waals surface area contributed by atoms with Crippen molar-refractivity contribution in [1.82, 2.24) is 0 Å². The summed E-state index contributed by atoms with van der Waals surface area (Å²) in [5.41, 5.74) is 12.6. The zero-order valence-electron chi connectivity index (χ0n) is 5.17. The van der Waals surface area contributed by atoms with Crippen LogP contribution < -0.4 is 11.5 Å². The number of allylic oxidation sites excluding steroid dienone is 1. The standard InChI is InChI=1S/C7H10N2/c1-5-2-3-6(8)4-7(5)9/h2-4,7H,1,8-9H2. The summed E-state index contributed by atoms with van der Waals surface area (Å²) in [4.78, 5) is 0. The van der Waals surface area contributed by atoms with Crippen molar-refractivity contribution in [3.8, 4) is 0 Å². The molecular weight excluding hydrogens is 112 g/mol. The van der Waals surface area contributed by atoms with Gasteiger partial charge < -0.3 is 11.5 Å². The monoisotopic (exact) mass is 122 g/mol. The maximum atomic E-state index is 5.56. The molecule has 0 saturated heterocycles. The summed E-state index contributed by atoms with van der Waals surface area (Å²) in [6.07, 6.45) is 5.41. The van der Waals surface area contributed by atoms with E-state index in [-0.39, 0.29) is 6.04 Å². The summed E-state index contributed by atoms with van der Waals surface area (Å²) >= 11 is 0. The van der Waals surface area contributed by atoms with Gasteiger partial charge in [0.05, 0.1) is 0 Å². The Bertz CT molecular complexity index is 189. The minimum atomic E-state index is -0.0880. The Hall–Kier alpha value is -1.02. The second-order valence-corrected chi connectivity index (χ2v) is 2.10. The largest absolute Gasteiger partial charge is 0.399 e. The van der Waals surface area contributed by atoms with Gasteiger partial charge in [0.25, 0.3) is 0 Å². The van der Waals surface area contributed by atoms with Gasteiger partial charge in [0, 0.05) is 11.7 Å². The SMILES string of the molecule is C=C1C=CC(N)=CC1N. The van der Waals surface area contributed by atoms with Crippen molar-refractivity contribution in [2.75, 3.05) is 0 Å². The summed E-state index contributed by atoms with van der Waals surface area (Å²) in [7, 11) is 0. The maximum absolute atomic E-state index is 5.56. The van der Waals surface area contributed by atoms with Gasteiger partial charge in [-0.2, -0.15) is 0 Å². The quantitative estimate of drug-likeness (QED) is 0.485. The van der Waals surface area contributed by atoms with Crippen LogP contribution in [0.2, 0.25) is 0 Å². The molecule has 0 aliphatic heterocycles. The highest BCUT2D eigenvalue weighted by Gasteiger charge is 2.04. The molecular formula is C7H10N2. The van der Waals surface area contributed by atoms with Crippen molar-refractivity contribution in [2.24, 2.45) is 11.5 Å². The highest BCUT2D eigenvalue weighted by Crippen LogP contribution is 2.08. The van der Waals surface area contributed by atoms with E-state index in [0.29, 0.717) is 0 Å². The molecule has 0 bridgehead atoms. The Morgan fingerprint density at radius 1 is 1.44 bits per heavy atom. The van der Waals surface area contributed by atoms with Gasteiger partial charge >= 0.3 is 0 Å². The van der Waals surface area contributed by atoms with Gasteiger partial charge in [-0.3, -0.25) is 0 Å². The van der Waals surface area contributed by atoms with Crippen LogP contribution in [0.4, 0.5) is 0 Å². The lowest BCUT2D eigenvalue weighted by molar-refractivity contribution is 0.959. The van der Waals surface area contributed by atoms with E-state index in [4.69, 9.17) is 11.5 Å². The van der Waals surface area contributed by atoms with Crippen LogP contribution in [0.1, 0.15) is 0 Å². The molecule has 0 aromatic carbocycles. The highest BCUT2D eigenvalue weighted by atomic mass is 14.7. The first-order chi connectivity index (χ1) is 4.20. The van der Waals surface area contributed by atoms with Crippen LogP contribution in [0, 0.1) is 0 Å². The third kappa shape index (κ3) is 1.21. The first kappa shape index (κ1) is 6.11. The lowest BCUT2D eigenvalue weighted by atomic mass is 10.0. The average Bonchev–Trinajstić information content (AvgIpc) is 1.80. The molecule has 9 heavy (non-hydrogen) atoms. The molecule has 0 aromatic heterocycles. The van der Waals surface area contributed by atoms with Gasteiger partial charge in [0.1, 0.15) is 0 Å². The number of nitrogens with two attached hydrogens (primary N) is 2. The van der Waals surface area contributed by atoms with Crippen LogP contribution in [-0.4, -0.2) is 6.04 Å². The van der Waals surface area contributed by atoms with E-state index in [1.807, 2.05) is 6.08 Å². The van der Waals surface area contributed by atoms with E-state index >= 15 is 0 Å². The third-order valence-electron chi connectivity index (χ3n) is 1.29. The van der Waals surface area contributed by atoms with Crippen LogP contribution in [0.15, 0.2) is 36.1 Å². The van der Waals surface area contributed by atoms with Crippen molar-refractivity contribution in [2.45, 2.75) is 6.04 Å². The summed E-state index contributed by atoms with van der Waals surface area (Å²) in [6, 6.07) is -0.0880. The average molecular weight is 122 g/mol. The molecule has 2 heteroatoms. The molecule has 1 aliphatic rings. The molecule has 0 heterocycles. The first-order valence-electron chi connectivity index (χ1n) is 2.80. The van der Waals surface area contributed by atoms with Crippen LogP contribution in [0.5, 0.6) is 0 Å². The van der Waals surface area contributed by atoms with E-state index in [0.717, 1.165) is 11.3 Å². The molecule has 0 amide bonds. The Kier molecular flexibility index (Phi) is 1.40. The maximum Gasteiger partial charge on any atom is 0.0498 e. The van der Waals surface area contributed by atoms with Crippen LogP contribution in [0.25, 0.3) is 0 Å². The van der Waals surface area contributed by atoms with Crippen LogP contribution >= 0.6 is 0 Å². The van der Waals surface area contributed by atoms with Crippen molar-refractivity contribution < 1.29 is 0 Å². The second kappa shape index (κ2) is 2.07. The molecule has 0 radical (unpaired) electrons. The minimum Gasteiger partial charge on any atom is -0.399 e. The molecule has 1 aliphatic carbocycles. The fraction of sp³-hybridized carbons (Fsp3) is 0.143. The molecule has 4 N–H and O–H groups in total. The number of hydrogen-bond acceptors (Lipinski definition) is 2. The van der Waals surface area contributed by atoms with Gasteiger partial charge in [0.2, 0.25) is 0 Å². The molecule has 1 rings (SSSR count). The molecule has 1 atom stereocenters. The third-order valence-corrected chi connectivity index (χ3v) is 1.29. The number of rotatable bonds is 0. The summed E-state index contributed by atoms with van der Waals surface area (Å²) in [6.45, 7) is 3.72. The van der Waals surface area contributed by atoms with E-state index in [9.17, 15) is 0 Å². The Morgan fingerprint density at radius 3 is 2.56 bits per heavy atom. The summed E-state index contributed by atoms with van der Waals surface area (Å²) in [5, 5.41) is 0. The lowest BCUT2D eigenvalue weighted by Gasteiger charge is -2.11. The molecule has 48 valence electrons. The van der Waals surface area contributed by atoms with Gasteiger partial charge in [-0.1, -0.05) is 12.7 Å². The van der Waals surface area contributed by atoms with Crippen LogP contribution in [0.3, 0.4) is 0 Å². The minimum absolute atomic E-state index is 0.0880. The predicted molar refractivity (Wildman–Crippen MR) is 38.5 cm³/mol. The predicted octanol–water partition coefficient (Wildman–Crippen LogP) is 0.282. The first-order valence-corrected chi connectivity index (χ1v) is 2.80.